The van der Waals surface area contributed by atoms with Crippen molar-refractivity contribution < 1.29 is 9.53 Å². The first kappa shape index (κ1) is 20.2. The van der Waals surface area contributed by atoms with Crippen molar-refractivity contribution in [3.63, 3.8) is 0 Å². The number of ether oxygens (including phenoxy) is 1. The molecule has 0 aliphatic carbocycles. The Balaban J connectivity index is 1.60. The van der Waals surface area contributed by atoms with Crippen molar-refractivity contribution in [1.29, 1.82) is 0 Å². The zero-order valence-electron chi connectivity index (χ0n) is 17.3. The SMILES string of the molecule is COc1ccc(C2=Nc3ccccc3S[C@H]2CC(=O)Nc2cc(C)cc(C)c2)cc1. The molecule has 152 valence electrons. The van der Waals surface area contributed by atoms with Gasteiger partial charge >= 0.3 is 0 Å². The van der Waals surface area contributed by atoms with Crippen molar-refractivity contribution in [3.8, 4) is 5.75 Å². The third kappa shape index (κ3) is 4.57. The molecule has 0 spiro atoms. The molecular formula is C25H24N2O2S. The number of carbonyl (C=O) groups excluding carboxylic acids is 1. The van der Waals surface area contributed by atoms with E-state index in [2.05, 4.69) is 17.4 Å². The summed E-state index contributed by atoms with van der Waals surface area (Å²) in [7, 11) is 1.65. The van der Waals surface area contributed by atoms with E-state index in [1.807, 2.05) is 68.4 Å². The lowest BCUT2D eigenvalue weighted by Gasteiger charge is -2.24. The van der Waals surface area contributed by atoms with Gasteiger partial charge in [0.05, 0.1) is 23.8 Å². The molecule has 4 rings (SSSR count). The van der Waals surface area contributed by atoms with E-state index in [0.29, 0.717) is 6.42 Å². The van der Waals surface area contributed by atoms with E-state index in [1.165, 1.54) is 0 Å². The summed E-state index contributed by atoms with van der Waals surface area (Å²) in [5, 5.41) is 2.99. The number of fused-ring (bicyclic) bond motifs is 1. The van der Waals surface area contributed by atoms with Crippen LogP contribution in [-0.2, 0) is 4.79 Å². The molecule has 0 bridgehead atoms. The van der Waals surface area contributed by atoms with E-state index in [4.69, 9.17) is 9.73 Å². The monoisotopic (exact) mass is 416 g/mol. The number of amides is 1. The van der Waals surface area contributed by atoms with Gasteiger partial charge in [-0.25, -0.2) is 0 Å². The number of hydrogen-bond donors (Lipinski definition) is 1. The number of nitrogens with one attached hydrogen (secondary N) is 1. The van der Waals surface area contributed by atoms with E-state index >= 15 is 0 Å². The maximum atomic E-state index is 12.9. The van der Waals surface area contributed by atoms with Gasteiger partial charge in [-0.1, -0.05) is 18.2 Å². The lowest BCUT2D eigenvalue weighted by atomic mass is 10.0. The van der Waals surface area contributed by atoms with Crippen LogP contribution < -0.4 is 10.1 Å². The van der Waals surface area contributed by atoms with Gasteiger partial charge in [-0.15, -0.1) is 11.8 Å². The Hall–Kier alpha value is -3.05. The molecular weight excluding hydrogens is 392 g/mol. The van der Waals surface area contributed by atoms with Crippen LogP contribution in [0.25, 0.3) is 0 Å². The third-order valence-electron chi connectivity index (χ3n) is 4.94. The average Bonchev–Trinajstić information content (AvgIpc) is 2.72. The second-order valence-corrected chi connectivity index (χ2v) is 8.67. The zero-order valence-corrected chi connectivity index (χ0v) is 18.1. The Morgan fingerprint density at radius 3 is 2.43 bits per heavy atom. The summed E-state index contributed by atoms with van der Waals surface area (Å²) in [5.74, 6) is 0.783. The highest BCUT2D eigenvalue weighted by atomic mass is 32.2. The van der Waals surface area contributed by atoms with Crippen molar-refractivity contribution in [3.05, 3.63) is 83.4 Å². The molecule has 1 aliphatic rings. The second-order valence-electron chi connectivity index (χ2n) is 7.43. The summed E-state index contributed by atoms with van der Waals surface area (Å²) < 4.78 is 5.28. The predicted molar refractivity (Wildman–Crippen MR) is 124 cm³/mol. The van der Waals surface area contributed by atoms with Crippen LogP contribution in [0.15, 0.2) is 76.6 Å². The van der Waals surface area contributed by atoms with E-state index in [9.17, 15) is 4.79 Å². The largest absolute Gasteiger partial charge is 0.497 e. The lowest BCUT2D eigenvalue weighted by molar-refractivity contribution is -0.116. The van der Waals surface area contributed by atoms with Gasteiger partial charge in [0.1, 0.15) is 5.75 Å². The number of anilines is 1. The van der Waals surface area contributed by atoms with Crippen molar-refractivity contribution in [2.75, 3.05) is 12.4 Å². The van der Waals surface area contributed by atoms with Crippen molar-refractivity contribution in [2.45, 2.75) is 30.4 Å². The number of thioether (sulfide) groups is 1. The lowest BCUT2D eigenvalue weighted by Crippen LogP contribution is -2.27. The Labute approximate surface area is 181 Å². The maximum absolute atomic E-state index is 12.9. The zero-order chi connectivity index (χ0) is 21.1. The van der Waals surface area contributed by atoms with Gasteiger partial charge in [-0.2, -0.15) is 0 Å². The molecule has 1 heterocycles. The Morgan fingerprint density at radius 1 is 1.03 bits per heavy atom. The fourth-order valence-corrected chi connectivity index (χ4v) is 4.87. The molecule has 1 atom stereocenters. The quantitative estimate of drug-likeness (QED) is 0.560. The number of aliphatic imine (C=N–C) groups is 1. The highest BCUT2D eigenvalue weighted by Gasteiger charge is 2.27. The number of para-hydroxylation sites is 1. The summed E-state index contributed by atoms with van der Waals surface area (Å²) in [6.45, 7) is 4.07. The number of nitrogens with zero attached hydrogens (tertiary/aromatic N) is 1. The summed E-state index contributed by atoms with van der Waals surface area (Å²) in [6, 6.07) is 22.0. The number of benzene rings is 3. The summed E-state index contributed by atoms with van der Waals surface area (Å²) >= 11 is 1.69. The minimum Gasteiger partial charge on any atom is -0.497 e. The number of carbonyl (C=O) groups is 1. The maximum Gasteiger partial charge on any atom is 0.225 e. The van der Waals surface area contributed by atoms with Gasteiger partial charge in [0.15, 0.2) is 0 Å². The van der Waals surface area contributed by atoms with E-state index in [0.717, 1.165) is 44.4 Å². The van der Waals surface area contributed by atoms with Gasteiger partial charge in [0.2, 0.25) is 5.91 Å². The first-order chi connectivity index (χ1) is 14.5. The van der Waals surface area contributed by atoms with Gasteiger partial charge in [-0.05, 0) is 79.1 Å². The fourth-order valence-electron chi connectivity index (χ4n) is 3.64. The van der Waals surface area contributed by atoms with Crippen LogP contribution in [0.3, 0.4) is 0 Å². The van der Waals surface area contributed by atoms with Crippen LogP contribution in [-0.4, -0.2) is 24.0 Å². The fraction of sp³-hybridized carbons (Fsp3) is 0.200. The molecule has 0 saturated heterocycles. The number of hydrogen-bond acceptors (Lipinski definition) is 4. The van der Waals surface area contributed by atoms with Crippen molar-refractivity contribution in [1.82, 2.24) is 0 Å². The number of methoxy groups -OCH3 is 1. The summed E-state index contributed by atoms with van der Waals surface area (Å²) in [6.07, 6.45) is 0.344. The smallest absolute Gasteiger partial charge is 0.225 e. The summed E-state index contributed by atoms with van der Waals surface area (Å²) in [5.41, 5.74) is 5.96. The predicted octanol–water partition coefficient (Wildman–Crippen LogP) is 5.94. The van der Waals surface area contributed by atoms with Crippen LogP contribution in [0.1, 0.15) is 23.1 Å². The Bertz CT molecular complexity index is 1090. The molecule has 30 heavy (non-hydrogen) atoms. The molecule has 3 aromatic rings. The minimum atomic E-state index is -0.0702. The van der Waals surface area contributed by atoms with Gasteiger partial charge < -0.3 is 10.1 Å². The number of aryl methyl sites for hydroxylation is 2. The molecule has 0 saturated carbocycles. The van der Waals surface area contributed by atoms with Crippen molar-refractivity contribution in [2.24, 2.45) is 4.99 Å². The average molecular weight is 417 g/mol. The first-order valence-electron chi connectivity index (χ1n) is 9.88. The highest BCUT2D eigenvalue weighted by molar-refractivity contribution is 8.01. The second kappa shape index (κ2) is 8.76. The molecule has 5 heteroatoms. The van der Waals surface area contributed by atoms with Crippen LogP contribution in [0.4, 0.5) is 11.4 Å². The molecule has 4 nitrogen and oxygen atoms in total. The molecule has 0 radical (unpaired) electrons. The molecule has 1 aliphatic heterocycles. The summed E-state index contributed by atoms with van der Waals surface area (Å²) in [4.78, 5) is 18.9. The standard InChI is InChI=1S/C25H24N2O2S/c1-16-12-17(2)14-19(13-16)26-24(28)15-23-25(18-8-10-20(29-3)11-9-18)27-21-6-4-5-7-22(21)30-23/h4-14,23H,15H2,1-3H3,(H,26,28)/t23-/m0/s1. The highest BCUT2D eigenvalue weighted by Crippen LogP contribution is 2.40. The van der Waals surface area contributed by atoms with Crippen LogP contribution in [0.5, 0.6) is 5.75 Å². The molecule has 1 amide bonds. The first-order valence-corrected chi connectivity index (χ1v) is 10.8. The van der Waals surface area contributed by atoms with E-state index in [-0.39, 0.29) is 11.2 Å². The number of rotatable bonds is 5. The molecule has 3 aromatic carbocycles. The normalized spacial score (nSPS) is 15.2. The third-order valence-corrected chi connectivity index (χ3v) is 6.22. The molecule has 0 unspecified atom stereocenters. The van der Waals surface area contributed by atoms with Crippen LogP contribution in [0, 0.1) is 13.8 Å². The Kier molecular flexibility index (Phi) is 5.91. The van der Waals surface area contributed by atoms with Crippen molar-refractivity contribution >= 4 is 34.8 Å². The molecule has 0 fully saturated rings. The topological polar surface area (TPSA) is 50.7 Å². The van der Waals surface area contributed by atoms with Gasteiger partial charge in [0.25, 0.3) is 0 Å². The molecule has 1 N–H and O–H groups in total. The van der Waals surface area contributed by atoms with Crippen LogP contribution in [0.2, 0.25) is 0 Å². The van der Waals surface area contributed by atoms with Gasteiger partial charge in [0, 0.05) is 17.0 Å². The van der Waals surface area contributed by atoms with Crippen LogP contribution >= 0.6 is 11.8 Å². The van der Waals surface area contributed by atoms with Gasteiger partial charge in [-0.3, -0.25) is 9.79 Å². The Morgan fingerprint density at radius 2 is 1.73 bits per heavy atom. The minimum absolute atomic E-state index is 0.0157. The van der Waals surface area contributed by atoms with E-state index in [1.54, 1.807) is 18.9 Å². The van der Waals surface area contributed by atoms with E-state index < -0.39 is 0 Å². The molecule has 0 aromatic heterocycles.